The van der Waals surface area contributed by atoms with Gasteiger partial charge in [-0.25, -0.2) is 4.98 Å². The minimum absolute atomic E-state index is 0.0536. The van der Waals surface area contributed by atoms with Crippen LogP contribution >= 0.6 is 0 Å². The molecule has 3 heterocycles. The van der Waals surface area contributed by atoms with Crippen LogP contribution in [0.4, 0.5) is 30.6 Å². The molecule has 1 aliphatic carbocycles. The van der Waals surface area contributed by atoms with E-state index in [0.717, 1.165) is 10.7 Å². The van der Waals surface area contributed by atoms with Crippen LogP contribution in [0.15, 0.2) is 12.3 Å². The Balaban J connectivity index is 1.48. The maximum absolute atomic E-state index is 13.1. The molecule has 1 atom stereocenters. The fourth-order valence-electron chi connectivity index (χ4n) is 4.20. The molecule has 0 radical (unpaired) electrons. The Kier molecular flexibility index (Phi) is 4.86. The van der Waals surface area contributed by atoms with Gasteiger partial charge in [0.15, 0.2) is 5.82 Å². The molecule has 1 saturated carbocycles. The molecule has 8 nitrogen and oxygen atoms in total. The molecule has 0 bridgehead atoms. The summed E-state index contributed by atoms with van der Waals surface area (Å²) in [5, 5.41) is 9.95. The number of alkyl halides is 3. The summed E-state index contributed by atoms with van der Waals surface area (Å²) in [6.07, 6.45) is -2.26. The van der Waals surface area contributed by atoms with E-state index in [1.54, 1.807) is 6.92 Å². The summed E-state index contributed by atoms with van der Waals surface area (Å²) >= 11 is 0. The summed E-state index contributed by atoms with van der Waals surface area (Å²) < 4.78 is 40.3. The molecule has 0 spiro atoms. The zero-order valence-electron chi connectivity index (χ0n) is 17.2. The van der Waals surface area contributed by atoms with Crippen LogP contribution in [-0.2, 0) is 11.0 Å². The first kappa shape index (κ1) is 20.4. The lowest BCUT2D eigenvalue weighted by Crippen LogP contribution is -2.50. The second kappa shape index (κ2) is 7.13. The van der Waals surface area contributed by atoms with Crippen LogP contribution in [0.1, 0.15) is 44.1 Å². The molecule has 1 aliphatic heterocycles. The van der Waals surface area contributed by atoms with E-state index in [4.69, 9.17) is 0 Å². The fraction of sp³-hybridized carbons (Fsp3) is 0.579. The van der Waals surface area contributed by atoms with Crippen LogP contribution in [0.3, 0.4) is 0 Å². The van der Waals surface area contributed by atoms with Crippen LogP contribution in [-0.4, -0.2) is 44.8 Å². The van der Waals surface area contributed by atoms with Crippen molar-refractivity contribution < 1.29 is 18.0 Å². The van der Waals surface area contributed by atoms with E-state index in [0.29, 0.717) is 36.0 Å². The Morgan fingerprint density at radius 1 is 1.27 bits per heavy atom. The average Bonchev–Trinajstić information content (AvgIpc) is 3.08. The second-order valence-corrected chi connectivity index (χ2v) is 8.25. The molecule has 0 saturated heterocycles. The number of aryl methyl sites for hydroxylation is 1. The SMILES string of the molecule is Cc1nc(N[C@H]2C[C@H](n3nccc3C(F)(F)F)C2)nc2c1NC(=O)[C@H](C(C)C)N2C. The van der Waals surface area contributed by atoms with Crippen molar-refractivity contribution >= 4 is 23.4 Å². The van der Waals surface area contributed by atoms with Crippen LogP contribution in [0.2, 0.25) is 0 Å². The predicted molar refractivity (Wildman–Crippen MR) is 105 cm³/mol. The van der Waals surface area contributed by atoms with Crippen molar-refractivity contribution in [2.24, 2.45) is 5.92 Å². The Morgan fingerprint density at radius 3 is 2.60 bits per heavy atom. The van der Waals surface area contributed by atoms with Crippen LogP contribution in [0, 0.1) is 12.8 Å². The zero-order valence-corrected chi connectivity index (χ0v) is 17.2. The Bertz CT molecular complexity index is 966. The van der Waals surface area contributed by atoms with Gasteiger partial charge in [0.2, 0.25) is 11.9 Å². The molecule has 162 valence electrons. The summed E-state index contributed by atoms with van der Waals surface area (Å²) in [5.74, 6) is 1.04. The molecular weight excluding hydrogens is 399 g/mol. The number of hydrogen-bond acceptors (Lipinski definition) is 6. The Hall–Kier alpha value is -2.85. The molecular formula is C19H24F3N7O. The van der Waals surface area contributed by atoms with Crippen molar-refractivity contribution in [1.82, 2.24) is 19.7 Å². The monoisotopic (exact) mass is 423 g/mol. The lowest BCUT2D eigenvalue weighted by Gasteiger charge is -2.38. The van der Waals surface area contributed by atoms with Crippen LogP contribution in [0.5, 0.6) is 0 Å². The molecule has 2 aromatic rings. The van der Waals surface area contributed by atoms with E-state index in [9.17, 15) is 18.0 Å². The smallest absolute Gasteiger partial charge is 0.351 e. The lowest BCUT2D eigenvalue weighted by molar-refractivity contribution is -0.145. The number of aromatic nitrogens is 4. The molecule has 0 aromatic carbocycles. The number of nitrogens with zero attached hydrogens (tertiary/aromatic N) is 5. The third-order valence-corrected chi connectivity index (χ3v) is 5.72. The van der Waals surface area contributed by atoms with E-state index in [1.807, 2.05) is 25.8 Å². The van der Waals surface area contributed by atoms with E-state index in [-0.39, 0.29) is 30.0 Å². The molecule has 2 aromatic heterocycles. The first-order valence-corrected chi connectivity index (χ1v) is 9.85. The maximum atomic E-state index is 13.1. The summed E-state index contributed by atoms with van der Waals surface area (Å²) in [4.78, 5) is 23.3. The quantitative estimate of drug-likeness (QED) is 0.785. The van der Waals surface area contributed by atoms with Gasteiger partial charge < -0.3 is 15.5 Å². The highest BCUT2D eigenvalue weighted by atomic mass is 19.4. The van der Waals surface area contributed by atoms with Gasteiger partial charge in [-0.05, 0) is 31.7 Å². The van der Waals surface area contributed by atoms with Gasteiger partial charge >= 0.3 is 6.18 Å². The lowest BCUT2D eigenvalue weighted by atomic mass is 9.87. The van der Waals surface area contributed by atoms with Crippen LogP contribution < -0.4 is 15.5 Å². The van der Waals surface area contributed by atoms with Gasteiger partial charge in [-0.3, -0.25) is 9.48 Å². The van der Waals surface area contributed by atoms with Gasteiger partial charge in [-0.15, -0.1) is 0 Å². The molecule has 1 amide bonds. The normalized spacial score (nSPS) is 23.8. The summed E-state index contributed by atoms with van der Waals surface area (Å²) in [6, 6.07) is 0.280. The third kappa shape index (κ3) is 3.46. The second-order valence-electron chi connectivity index (χ2n) is 8.25. The Morgan fingerprint density at radius 2 is 1.97 bits per heavy atom. The minimum Gasteiger partial charge on any atom is -0.351 e. The van der Waals surface area contributed by atoms with E-state index in [1.165, 1.54) is 6.20 Å². The number of nitrogens with one attached hydrogen (secondary N) is 2. The van der Waals surface area contributed by atoms with E-state index >= 15 is 0 Å². The standard InChI is InChI=1S/C19H24F3N7O/c1-9(2)15-17(30)26-14-10(3)24-18(27-16(14)28(15)4)25-11-7-12(8-11)29-13(5-6-23-29)19(20,21)22/h5-6,9,11-12,15H,7-8H2,1-4H3,(H,26,30)(H,24,25,27)/t11-,12-,15-/m0/s1. The number of amides is 1. The first-order chi connectivity index (χ1) is 14.1. The van der Waals surface area contributed by atoms with Crippen molar-refractivity contribution in [3.05, 3.63) is 23.7 Å². The van der Waals surface area contributed by atoms with Crippen LogP contribution in [0.25, 0.3) is 0 Å². The summed E-state index contributed by atoms with van der Waals surface area (Å²) in [6.45, 7) is 5.73. The average molecular weight is 423 g/mol. The fourth-order valence-corrected chi connectivity index (χ4v) is 4.20. The maximum Gasteiger partial charge on any atom is 0.433 e. The van der Waals surface area contributed by atoms with Gasteiger partial charge in [0.05, 0.1) is 11.7 Å². The van der Waals surface area contributed by atoms with Crippen molar-refractivity contribution in [2.45, 2.75) is 57.9 Å². The largest absolute Gasteiger partial charge is 0.433 e. The highest BCUT2D eigenvalue weighted by Gasteiger charge is 2.41. The number of fused-ring (bicyclic) bond motifs is 1. The zero-order chi connectivity index (χ0) is 21.8. The summed E-state index contributed by atoms with van der Waals surface area (Å²) in [7, 11) is 1.83. The van der Waals surface area contributed by atoms with Crippen molar-refractivity contribution in [1.29, 1.82) is 0 Å². The van der Waals surface area contributed by atoms with Crippen molar-refractivity contribution in [2.75, 3.05) is 22.6 Å². The Labute approximate surface area is 171 Å². The molecule has 4 rings (SSSR count). The number of hydrogen-bond donors (Lipinski definition) is 2. The van der Waals surface area contributed by atoms with Gasteiger partial charge in [-0.2, -0.15) is 23.3 Å². The molecule has 2 N–H and O–H groups in total. The highest BCUT2D eigenvalue weighted by Crippen LogP contribution is 2.39. The van der Waals surface area contributed by atoms with Gasteiger partial charge in [0.1, 0.15) is 17.4 Å². The third-order valence-electron chi connectivity index (χ3n) is 5.72. The molecule has 0 unspecified atom stereocenters. The summed E-state index contributed by atoms with van der Waals surface area (Å²) in [5.41, 5.74) is 0.485. The van der Waals surface area contributed by atoms with Crippen molar-refractivity contribution in [3.63, 3.8) is 0 Å². The van der Waals surface area contributed by atoms with E-state index < -0.39 is 11.9 Å². The molecule has 2 aliphatic rings. The van der Waals surface area contributed by atoms with E-state index in [2.05, 4.69) is 25.7 Å². The molecule has 30 heavy (non-hydrogen) atoms. The highest BCUT2D eigenvalue weighted by molar-refractivity contribution is 6.03. The number of rotatable bonds is 4. The van der Waals surface area contributed by atoms with Gasteiger partial charge in [-0.1, -0.05) is 13.8 Å². The number of carbonyl (C=O) groups is 1. The number of halogens is 3. The van der Waals surface area contributed by atoms with Gasteiger partial charge in [0, 0.05) is 19.3 Å². The number of anilines is 3. The first-order valence-electron chi connectivity index (χ1n) is 9.85. The number of likely N-dealkylation sites (N-methyl/N-ethyl adjacent to an activating group) is 1. The molecule has 11 heteroatoms. The molecule has 1 fully saturated rings. The topological polar surface area (TPSA) is 88.0 Å². The van der Waals surface area contributed by atoms with Crippen molar-refractivity contribution in [3.8, 4) is 0 Å². The number of carbonyl (C=O) groups excluding carboxylic acids is 1. The predicted octanol–water partition coefficient (Wildman–Crippen LogP) is 3.23. The minimum atomic E-state index is -4.42. The van der Waals surface area contributed by atoms with Gasteiger partial charge in [0.25, 0.3) is 0 Å².